The predicted octanol–water partition coefficient (Wildman–Crippen LogP) is 5.62. The van der Waals surface area contributed by atoms with E-state index in [4.69, 9.17) is 4.74 Å². The van der Waals surface area contributed by atoms with E-state index >= 15 is 0 Å². The van der Waals surface area contributed by atoms with Crippen molar-refractivity contribution < 1.29 is 4.74 Å². The lowest BCUT2D eigenvalue weighted by Gasteiger charge is -2.18. The zero-order valence-electron chi connectivity index (χ0n) is 17.2. The number of nitrogens with one attached hydrogen (secondary N) is 2. The van der Waals surface area contributed by atoms with E-state index in [1.807, 2.05) is 13.8 Å². The summed E-state index contributed by atoms with van der Waals surface area (Å²) in [5.74, 6) is 1.68. The minimum Gasteiger partial charge on any atom is -0.489 e. The molecule has 2 heterocycles. The predicted molar refractivity (Wildman–Crippen MR) is 112 cm³/mol. The van der Waals surface area contributed by atoms with Crippen molar-refractivity contribution in [2.75, 3.05) is 5.32 Å². The van der Waals surface area contributed by atoms with Gasteiger partial charge in [0.05, 0.1) is 17.2 Å². The van der Waals surface area contributed by atoms with Crippen LogP contribution in [-0.2, 0) is 12.8 Å². The molecule has 2 aromatic heterocycles. The Kier molecular flexibility index (Phi) is 5.68. The molecule has 1 aromatic carbocycles. The molecule has 0 bridgehead atoms. The molecule has 0 spiro atoms. The van der Waals surface area contributed by atoms with Gasteiger partial charge < -0.3 is 15.0 Å². The van der Waals surface area contributed by atoms with Gasteiger partial charge in [0.15, 0.2) is 0 Å². The number of hydrogen-bond donors (Lipinski definition) is 2. The highest BCUT2D eigenvalue weighted by Crippen LogP contribution is 2.35. The molecule has 0 saturated heterocycles. The summed E-state index contributed by atoms with van der Waals surface area (Å²) < 4.78 is 6.05. The molecule has 27 heavy (non-hydrogen) atoms. The largest absolute Gasteiger partial charge is 0.489 e. The van der Waals surface area contributed by atoms with E-state index in [1.54, 1.807) is 6.33 Å². The van der Waals surface area contributed by atoms with Crippen LogP contribution in [0.2, 0.25) is 0 Å². The second kappa shape index (κ2) is 7.99. The van der Waals surface area contributed by atoms with E-state index in [2.05, 4.69) is 60.1 Å². The fourth-order valence-corrected chi connectivity index (χ4v) is 3.45. The average Bonchev–Trinajstić information content (AvgIpc) is 2.97. The summed E-state index contributed by atoms with van der Waals surface area (Å²) in [4.78, 5) is 12.5. The Balaban J connectivity index is 2.10. The van der Waals surface area contributed by atoms with E-state index < -0.39 is 0 Å². The first kappa shape index (κ1) is 19.2. The third kappa shape index (κ3) is 3.92. The molecule has 3 rings (SSSR count). The summed E-state index contributed by atoms with van der Waals surface area (Å²) in [6, 6.07) is 4.22. The van der Waals surface area contributed by atoms with Crippen molar-refractivity contribution >= 4 is 22.5 Å². The van der Waals surface area contributed by atoms with E-state index in [9.17, 15) is 0 Å². The number of H-pyrrole nitrogens is 1. The lowest BCUT2D eigenvalue weighted by Crippen LogP contribution is -2.08. The summed E-state index contributed by atoms with van der Waals surface area (Å²) in [6.07, 6.45) is 4.77. The zero-order chi connectivity index (χ0) is 19.6. The molecular weight excluding hydrogens is 336 g/mol. The summed E-state index contributed by atoms with van der Waals surface area (Å²) >= 11 is 0. The smallest absolute Gasteiger partial charge is 0.143 e. The van der Waals surface area contributed by atoms with Gasteiger partial charge in [-0.3, -0.25) is 0 Å². The SMILES string of the molecule is CCCc1[nH]c2ncnc(Nc3cc(C)c(C)cc3OC(C)C)c2c1CC. The normalized spacial score (nSPS) is 11.4. The maximum atomic E-state index is 6.05. The molecule has 3 aromatic rings. The van der Waals surface area contributed by atoms with Gasteiger partial charge in [0.2, 0.25) is 0 Å². The molecule has 0 saturated carbocycles. The average molecular weight is 367 g/mol. The topological polar surface area (TPSA) is 62.8 Å². The van der Waals surface area contributed by atoms with Crippen molar-refractivity contribution in [2.24, 2.45) is 0 Å². The zero-order valence-corrected chi connectivity index (χ0v) is 17.2. The van der Waals surface area contributed by atoms with Crippen LogP contribution in [0, 0.1) is 13.8 Å². The van der Waals surface area contributed by atoms with Crippen LogP contribution < -0.4 is 10.1 Å². The van der Waals surface area contributed by atoms with Crippen LogP contribution in [-0.4, -0.2) is 21.1 Å². The number of fused-ring (bicyclic) bond motifs is 1. The van der Waals surface area contributed by atoms with Crippen LogP contribution in [0.25, 0.3) is 11.0 Å². The molecule has 5 heteroatoms. The number of benzene rings is 1. The highest BCUT2D eigenvalue weighted by atomic mass is 16.5. The first-order valence-electron chi connectivity index (χ1n) is 9.83. The molecule has 5 nitrogen and oxygen atoms in total. The summed E-state index contributed by atoms with van der Waals surface area (Å²) in [5, 5.41) is 4.60. The van der Waals surface area contributed by atoms with Crippen LogP contribution in [0.15, 0.2) is 18.5 Å². The van der Waals surface area contributed by atoms with Gasteiger partial charge >= 0.3 is 0 Å². The van der Waals surface area contributed by atoms with Gasteiger partial charge in [-0.15, -0.1) is 0 Å². The van der Waals surface area contributed by atoms with Crippen LogP contribution in [0.3, 0.4) is 0 Å². The molecule has 0 aliphatic rings. The summed E-state index contributed by atoms with van der Waals surface area (Å²) in [7, 11) is 0. The van der Waals surface area contributed by atoms with Crippen LogP contribution in [0.4, 0.5) is 11.5 Å². The van der Waals surface area contributed by atoms with Gasteiger partial charge in [-0.1, -0.05) is 20.3 Å². The molecule has 144 valence electrons. The van der Waals surface area contributed by atoms with Gasteiger partial charge in [-0.05, 0) is 69.4 Å². The highest BCUT2D eigenvalue weighted by Gasteiger charge is 2.17. The van der Waals surface area contributed by atoms with Crippen molar-refractivity contribution in [2.45, 2.75) is 66.9 Å². The van der Waals surface area contributed by atoms with Gasteiger partial charge in [-0.2, -0.15) is 0 Å². The molecule has 0 radical (unpaired) electrons. The van der Waals surface area contributed by atoms with E-state index in [0.29, 0.717) is 0 Å². The first-order chi connectivity index (χ1) is 12.9. The number of hydrogen-bond acceptors (Lipinski definition) is 4. The number of rotatable bonds is 7. The summed E-state index contributed by atoms with van der Waals surface area (Å²) in [5.41, 5.74) is 6.82. The summed E-state index contributed by atoms with van der Waals surface area (Å²) in [6.45, 7) is 12.7. The molecule has 0 unspecified atom stereocenters. The molecular formula is C22H30N4O. The fourth-order valence-electron chi connectivity index (χ4n) is 3.45. The number of nitrogens with zero attached hydrogens (tertiary/aromatic N) is 2. The monoisotopic (exact) mass is 366 g/mol. The maximum absolute atomic E-state index is 6.05. The van der Waals surface area contributed by atoms with Crippen molar-refractivity contribution in [1.82, 2.24) is 15.0 Å². The van der Waals surface area contributed by atoms with Crippen molar-refractivity contribution in [1.29, 1.82) is 0 Å². The van der Waals surface area contributed by atoms with E-state index in [1.165, 1.54) is 22.4 Å². The molecule has 0 aliphatic carbocycles. The molecule has 0 atom stereocenters. The fraction of sp³-hybridized carbons (Fsp3) is 0.455. The van der Waals surface area contributed by atoms with Gasteiger partial charge in [0.1, 0.15) is 23.5 Å². The standard InChI is InChI=1S/C22H30N4O/c1-7-9-17-16(8-2)20-21(25-17)23-12-24-22(20)26-18-10-14(5)15(6)11-19(18)27-13(3)4/h10-13H,7-9H2,1-6H3,(H2,23,24,25,26). The molecule has 0 aliphatic heterocycles. The Hall–Kier alpha value is -2.56. The second-order valence-electron chi connectivity index (χ2n) is 7.36. The third-order valence-corrected chi connectivity index (χ3v) is 4.85. The Morgan fingerprint density at radius 1 is 1.11 bits per heavy atom. The van der Waals surface area contributed by atoms with Crippen molar-refractivity contribution in [3.8, 4) is 5.75 Å². The second-order valence-corrected chi connectivity index (χ2v) is 7.36. The number of anilines is 2. The highest BCUT2D eigenvalue weighted by molar-refractivity contribution is 5.93. The lowest BCUT2D eigenvalue weighted by molar-refractivity contribution is 0.243. The number of aryl methyl sites for hydroxylation is 4. The molecule has 0 fully saturated rings. The molecule has 2 N–H and O–H groups in total. The van der Waals surface area contributed by atoms with Gasteiger partial charge in [0.25, 0.3) is 0 Å². The number of ether oxygens (including phenoxy) is 1. The Morgan fingerprint density at radius 3 is 2.52 bits per heavy atom. The Bertz CT molecular complexity index is 943. The Morgan fingerprint density at radius 2 is 1.85 bits per heavy atom. The Labute approximate surface area is 161 Å². The van der Waals surface area contributed by atoms with Crippen LogP contribution >= 0.6 is 0 Å². The van der Waals surface area contributed by atoms with Crippen LogP contribution in [0.1, 0.15) is 56.5 Å². The first-order valence-corrected chi connectivity index (χ1v) is 9.83. The number of aromatic amines is 1. The number of aromatic nitrogens is 3. The van der Waals surface area contributed by atoms with Gasteiger partial charge in [0, 0.05) is 5.69 Å². The van der Waals surface area contributed by atoms with Crippen LogP contribution in [0.5, 0.6) is 5.75 Å². The van der Waals surface area contributed by atoms with Crippen molar-refractivity contribution in [3.05, 3.63) is 40.8 Å². The van der Waals surface area contributed by atoms with E-state index in [-0.39, 0.29) is 6.10 Å². The lowest BCUT2D eigenvalue weighted by atomic mass is 10.1. The minimum atomic E-state index is 0.104. The maximum Gasteiger partial charge on any atom is 0.143 e. The van der Waals surface area contributed by atoms with E-state index in [0.717, 1.165) is 47.6 Å². The molecule has 0 amide bonds. The minimum absolute atomic E-state index is 0.104. The van der Waals surface area contributed by atoms with Crippen molar-refractivity contribution in [3.63, 3.8) is 0 Å². The van der Waals surface area contributed by atoms with Gasteiger partial charge in [-0.25, -0.2) is 9.97 Å². The third-order valence-electron chi connectivity index (χ3n) is 4.85. The quantitative estimate of drug-likeness (QED) is 0.569.